The molecule has 0 saturated carbocycles. The van der Waals surface area contributed by atoms with E-state index >= 15 is 0 Å². The molecular formula is C25H28FN3O3. The number of hydrogen-bond donors (Lipinski definition) is 1. The van der Waals surface area contributed by atoms with Crippen molar-refractivity contribution in [3.8, 4) is 11.5 Å². The Hall–Kier alpha value is -3.19. The molecule has 2 heterocycles. The molecule has 1 aliphatic heterocycles. The summed E-state index contributed by atoms with van der Waals surface area (Å²) in [5.74, 6) is 1.55. The summed E-state index contributed by atoms with van der Waals surface area (Å²) in [6, 6.07) is 14.3. The van der Waals surface area contributed by atoms with Gasteiger partial charge in [-0.25, -0.2) is 9.37 Å². The Kier molecular flexibility index (Phi) is 6.55. The van der Waals surface area contributed by atoms with Gasteiger partial charge in [-0.05, 0) is 43.2 Å². The molecule has 0 radical (unpaired) electrons. The number of likely N-dealkylation sites (tertiary alicyclic amines) is 1. The van der Waals surface area contributed by atoms with Crippen LogP contribution in [0.4, 0.5) is 4.39 Å². The minimum absolute atomic E-state index is 0.0857. The van der Waals surface area contributed by atoms with Gasteiger partial charge in [0.2, 0.25) is 0 Å². The van der Waals surface area contributed by atoms with Crippen molar-refractivity contribution in [2.24, 2.45) is 0 Å². The number of benzene rings is 2. The van der Waals surface area contributed by atoms with Crippen LogP contribution in [0, 0.1) is 12.7 Å². The Morgan fingerprint density at radius 1 is 1.12 bits per heavy atom. The third kappa shape index (κ3) is 4.67. The molecule has 168 valence electrons. The van der Waals surface area contributed by atoms with E-state index in [1.54, 1.807) is 20.1 Å². The van der Waals surface area contributed by atoms with Crippen LogP contribution in [-0.2, 0) is 6.54 Å². The van der Waals surface area contributed by atoms with Crippen LogP contribution >= 0.6 is 0 Å². The summed E-state index contributed by atoms with van der Waals surface area (Å²) < 4.78 is 25.8. The Morgan fingerprint density at radius 2 is 1.91 bits per heavy atom. The molecule has 0 bridgehead atoms. The van der Waals surface area contributed by atoms with E-state index in [0.29, 0.717) is 54.8 Å². The number of hydrogen-bond acceptors (Lipinski definition) is 5. The van der Waals surface area contributed by atoms with E-state index in [1.165, 1.54) is 12.1 Å². The van der Waals surface area contributed by atoms with Crippen molar-refractivity contribution in [1.82, 2.24) is 14.9 Å². The quantitative estimate of drug-likeness (QED) is 0.605. The number of aromatic nitrogens is 2. The predicted octanol–water partition coefficient (Wildman–Crippen LogP) is 4.01. The standard InChI is InChI=1S/C25H28FN3O3/c1-4-32-23-10-9-17(11-24(23)31-3)13-29-14-19(18-7-5-6-8-21(18)26)20(15-29)22-12-25(30)28-16(2)27-22/h5-12,19-20H,4,13-15H2,1-3H3,(H,27,28,30)/t19-,20+/m0/s1. The third-order valence-corrected chi connectivity index (χ3v) is 5.89. The van der Waals surface area contributed by atoms with Crippen LogP contribution in [0.3, 0.4) is 0 Å². The molecule has 0 aliphatic carbocycles. The van der Waals surface area contributed by atoms with Crippen molar-refractivity contribution in [1.29, 1.82) is 0 Å². The number of aryl methyl sites for hydroxylation is 1. The molecule has 6 nitrogen and oxygen atoms in total. The normalized spacial score (nSPS) is 18.6. The third-order valence-electron chi connectivity index (χ3n) is 5.89. The van der Waals surface area contributed by atoms with Crippen molar-refractivity contribution in [2.75, 3.05) is 26.8 Å². The molecule has 32 heavy (non-hydrogen) atoms. The summed E-state index contributed by atoms with van der Waals surface area (Å²) >= 11 is 0. The van der Waals surface area contributed by atoms with Crippen molar-refractivity contribution in [3.63, 3.8) is 0 Å². The molecule has 1 N–H and O–H groups in total. The monoisotopic (exact) mass is 437 g/mol. The van der Waals surface area contributed by atoms with E-state index in [1.807, 2.05) is 37.3 Å². The highest BCUT2D eigenvalue weighted by molar-refractivity contribution is 5.43. The maximum absolute atomic E-state index is 14.7. The first kappa shape index (κ1) is 22.0. The highest BCUT2D eigenvalue weighted by atomic mass is 19.1. The van der Waals surface area contributed by atoms with Gasteiger partial charge in [0.15, 0.2) is 11.5 Å². The van der Waals surface area contributed by atoms with E-state index < -0.39 is 0 Å². The van der Waals surface area contributed by atoms with Crippen LogP contribution in [0.15, 0.2) is 53.3 Å². The van der Waals surface area contributed by atoms with Gasteiger partial charge in [-0.2, -0.15) is 0 Å². The molecule has 7 heteroatoms. The molecule has 2 atom stereocenters. The lowest BCUT2D eigenvalue weighted by Crippen LogP contribution is -2.21. The lowest BCUT2D eigenvalue weighted by atomic mass is 9.86. The second-order valence-electron chi connectivity index (χ2n) is 8.10. The summed E-state index contributed by atoms with van der Waals surface area (Å²) in [4.78, 5) is 21.7. The van der Waals surface area contributed by atoms with E-state index in [2.05, 4.69) is 14.9 Å². The molecule has 1 aliphatic rings. The zero-order valence-corrected chi connectivity index (χ0v) is 18.6. The number of halogens is 1. The molecule has 1 fully saturated rings. The van der Waals surface area contributed by atoms with Gasteiger partial charge in [-0.1, -0.05) is 24.3 Å². The number of nitrogens with zero attached hydrogens (tertiary/aromatic N) is 2. The molecular weight excluding hydrogens is 409 g/mol. The minimum Gasteiger partial charge on any atom is -0.493 e. The SMILES string of the molecule is CCOc1ccc(CN2C[C@@H](c3cc(=O)[nH]c(C)n3)[C@H](c3ccccc3F)C2)cc1OC. The van der Waals surface area contributed by atoms with Crippen molar-refractivity contribution >= 4 is 0 Å². The average molecular weight is 438 g/mol. The highest BCUT2D eigenvalue weighted by Crippen LogP contribution is 2.40. The predicted molar refractivity (Wildman–Crippen MR) is 121 cm³/mol. The van der Waals surface area contributed by atoms with Crippen molar-refractivity contribution in [2.45, 2.75) is 32.2 Å². The van der Waals surface area contributed by atoms with Gasteiger partial charge in [0.05, 0.1) is 19.4 Å². The van der Waals surface area contributed by atoms with Crippen molar-refractivity contribution < 1.29 is 13.9 Å². The van der Waals surface area contributed by atoms with Gasteiger partial charge in [0.1, 0.15) is 11.6 Å². The fourth-order valence-corrected chi connectivity index (χ4v) is 4.54. The molecule has 2 aromatic carbocycles. The first-order chi connectivity index (χ1) is 15.5. The first-order valence-corrected chi connectivity index (χ1v) is 10.8. The number of rotatable bonds is 7. The maximum Gasteiger partial charge on any atom is 0.251 e. The molecule has 0 unspecified atom stereocenters. The molecule has 4 rings (SSSR count). The number of H-pyrrole nitrogens is 1. The lowest BCUT2D eigenvalue weighted by molar-refractivity contribution is 0.306. The lowest BCUT2D eigenvalue weighted by Gasteiger charge is -2.19. The van der Waals surface area contributed by atoms with Gasteiger partial charge < -0.3 is 14.5 Å². The average Bonchev–Trinajstić information content (AvgIpc) is 3.18. The Morgan fingerprint density at radius 3 is 2.62 bits per heavy atom. The van der Waals surface area contributed by atoms with Crippen LogP contribution in [0.2, 0.25) is 0 Å². The van der Waals surface area contributed by atoms with Crippen LogP contribution < -0.4 is 15.0 Å². The Balaban J connectivity index is 1.64. The highest BCUT2D eigenvalue weighted by Gasteiger charge is 2.37. The summed E-state index contributed by atoms with van der Waals surface area (Å²) in [5, 5.41) is 0. The second kappa shape index (κ2) is 9.53. The van der Waals surface area contributed by atoms with E-state index in [9.17, 15) is 9.18 Å². The van der Waals surface area contributed by atoms with Crippen LogP contribution in [0.5, 0.6) is 11.5 Å². The first-order valence-electron chi connectivity index (χ1n) is 10.8. The smallest absolute Gasteiger partial charge is 0.251 e. The topological polar surface area (TPSA) is 67.5 Å². The minimum atomic E-state index is -0.228. The van der Waals surface area contributed by atoms with E-state index in [0.717, 1.165) is 5.56 Å². The second-order valence-corrected chi connectivity index (χ2v) is 8.10. The zero-order valence-electron chi connectivity index (χ0n) is 18.6. The van der Waals surface area contributed by atoms with Crippen LogP contribution in [0.25, 0.3) is 0 Å². The molecule has 0 amide bonds. The van der Waals surface area contributed by atoms with Gasteiger partial charge >= 0.3 is 0 Å². The van der Waals surface area contributed by atoms with E-state index in [4.69, 9.17) is 9.47 Å². The van der Waals surface area contributed by atoms with Crippen molar-refractivity contribution in [3.05, 3.63) is 87.3 Å². The fourth-order valence-electron chi connectivity index (χ4n) is 4.54. The summed E-state index contributed by atoms with van der Waals surface area (Å²) in [5.41, 5.74) is 2.25. The zero-order chi connectivity index (χ0) is 22.7. The van der Waals surface area contributed by atoms with E-state index in [-0.39, 0.29) is 23.2 Å². The number of methoxy groups -OCH3 is 1. The number of ether oxygens (including phenoxy) is 2. The van der Waals surface area contributed by atoms with Gasteiger partial charge in [0, 0.05) is 37.5 Å². The summed E-state index contributed by atoms with van der Waals surface area (Å²) in [7, 11) is 1.63. The molecule has 1 saturated heterocycles. The molecule has 1 aromatic heterocycles. The van der Waals surface area contributed by atoms with Crippen LogP contribution in [-0.4, -0.2) is 41.7 Å². The Labute approximate surface area is 187 Å². The summed E-state index contributed by atoms with van der Waals surface area (Å²) in [6.07, 6.45) is 0. The Bertz CT molecular complexity index is 1150. The molecule has 0 spiro atoms. The van der Waals surface area contributed by atoms with Gasteiger partial charge in [-0.3, -0.25) is 9.69 Å². The van der Waals surface area contributed by atoms with Gasteiger partial charge in [0.25, 0.3) is 5.56 Å². The maximum atomic E-state index is 14.7. The number of aromatic amines is 1. The largest absolute Gasteiger partial charge is 0.493 e. The molecule has 3 aromatic rings. The van der Waals surface area contributed by atoms with Crippen LogP contribution in [0.1, 0.15) is 41.4 Å². The summed E-state index contributed by atoms with van der Waals surface area (Å²) in [6.45, 7) is 6.27. The number of nitrogens with one attached hydrogen (secondary N) is 1. The fraction of sp³-hybridized carbons (Fsp3) is 0.360. The van der Waals surface area contributed by atoms with Gasteiger partial charge in [-0.15, -0.1) is 0 Å².